The monoisotopic (exact) mass is 528 g/mol. The van der Waals surface area contributed by atoms with Crippen molar-refractivity contribution in [2.75, 3.05) is 0 Å². The van der Waals surface area contributed by atoms with E-state index in [9.17, 15) is 34.8 Å². The summed E-state index contributed by atoms with van der Waals surface area (Å²) in [7, 11) is 0. The lowest BCUT2D eigenvalue weighted by Crippen LogP contribution is -2.69. The molecule has 0 spiro atoms. The molecule has 0 aromatic heterocycles. The smallest absolute Gasteiger partial charge is 0.337 e. The molecule has 0 fully saturated rings. The third-order valence-corrected chi connectivity index (χ3v) is 8.15. The van der Waals surface area contributed by atoms with Gasteiger partial charge in [-0.05, 0) is 72.5 Å². The zero-order valence-corrected chi connectivity index (χ0v) is 25.6. The molecule has 5 atom stereocenters. The predicted octanol–water partition coefficient (Wildman–Crippen LogP) is 6.96. The molecule has 0 radical (unpaired) electrons. The highest BCUT2D eigenvalue weighted by Crippen LogP contribution is 2.55. The quantitative estimate of drug-likeness (QED) is 0.191. The number of carboxylic acid groups (broad SMARTS) is 3. The topological polar surface area (TPSA) is 132 Å². The van der Waals surface area contributed by atoms with Crippen molar-refractivity contribution >= 4 is 17.9 Å². The second-order valence-corrected chi connectivity index (χ2v) is 15.1. The van der Waals surface area contributed by atoms with Crippen LogP contribution in [0.15, 0.2) is 0 Å². The van der Waals surface area contributed by atoms with Gasteiger partial charge in [-0.15, -0.1) is 0 Å². The van der Waals surface area contributed by atoms with Crippen LogP contribution in [0.1, 0.15) is 122 Å². The number of aliphatic hydroxyl groups is 1. The third kappa shape index (κ3) is 8.97. The van der Waals surface area contributed by atoms with E-state index < -0.39 is 52.6 Å². The number of carbonyl (C=O) groups is 3. The first-order valence-electron chi connectivity index (χ1n) is 13.8. The Kier molecular flexibility index (Phi) is 11.9. The van der Waals surface area contributed by atoms with Crippen LogP contribution in [0, 0.1) is 45.3 Å². The first-order valence-corrected chi connectivity index (χ1v) is 13.8. The average molecular weight is 529 g/mol. The van der Waals surface area contributed by atoms with E-state index in [1.807, 2.05) is 62.3 Å². The lowest BCUT2D eigenvalue weighted by atomic mass is 9.50. The normalized spacial score (nSPS) is 19.7. The summed E-state index contributed by atoms with van der Waals surface area (Å²) in [6.07, 6.45) is 2.83. The Labute approximate surface area is 225 Å². The molecule has 7 nitrogen and oxygen atoms in total. The van der Waals surface area contributed by atoms with E-state index >= 15 is 0 Å². The minimum Gasteiger partial charge on any atom is -0.481 e. The summed E-state index contributed by atoms with van der Waals surface area (Å²) in [6.45, 7) is 23.1. The van der Waals surface area contributed by atoms with Gasteiger partial charge in [-0.1, -0.05) is 83.1 Å². The Morgan fingerprint density at radius 1 is 0.595 bits per heavy atom. The molecule has 0 aliphatic heterocycles. The SMILES string of the molecule is CC(CCC(C)(C)C)C(C(=O)O)C(O)(C(=O)O)C(C(=O)O)(C(C)CCC(C)(C)C)C(C)CCC(C)(C)C. The van der Waals surface area contributed by atoms with Gasteiger partial charge in [0.2, 0.25) is 0 Å². The van der Waals surface area contributed by atoms with Gasteiger partial charge in [0.25, 0.3) is 0 Å². The van der Waals surface area contributed by atoms with Crippen molar-refractivity contribution in [2.24, 2.45) is 45.3 Å². The number of hydrogen-bond acceptors (Lipinski definition) is 4. The van der Waals surface area contributed by atoms with Crippen LogP contribution < -0.4 is 0 Å². The lowest BCUT2D eigenvalue weighted by Gasteiger charge is -2.52. The zero-order chi connectivity index (χ0) is 29.8. The Bertz CT molecular complexity index is 757. The molecule has 0 saturated heterocycles. The van der Waals surface area contributed by atoms with Crippen LogP contribution >= 0.6 is 0 Å². The number of carboxylic acids is 3. The molecular formula is C30H56O7. The highest BCUT2D eigenvalue weighted by atomic mass is 16.4. The third-order valence-electron chi connectivity index (χ3n) is 8.15. The highest BCUT2D eigenvalue weighted by molar-refractivity contribution is 5.94. The first-order chi connectivity index (χ1) is 16.3. The highest BCUT2D eigenvalue weighted by Gasteiger charge is 2.71. The molecule has 0 saturated carbocycles. The van der Waals surface area contributed by atoms with Crippen LogP contribution in [-0.4, -0.2) is 43.9 Å². The zero-order valence-electron chi connectivity index (χ0n) is 25.6. The maximum absolute atomic E-state index is 13.4. The minimum absolute atomic E-state index is 0.136. The molecule has 0 amide bonds. The predicted molar refractivity (Wildman–Crippen MR) is 147 cm³/mol. The van der Waals surface area contributed by atoms with Gasteiger partial charge in [-0.2, -0.15) is 0 Å². The van der Waals surface area contributed by atoms with E-state index in [1.165, 1.54) is 0 Å². The van der Waals surface area contributed by atoms with Gasteiger partial charge in [-0.3, -0.25) is 9.59 Å². The van der Waals surface area contributed by atoms with Crippen LogP contribution in [0.5, 0.6) is 0 Å². The standard InChI is InChI=1S/C30H56O7/c1-19(13-16-26(4,5)6)22(23(31)32)30(37,25(35)36)29(24(33)34,20(2)14-17-27(7,8)9)21(3)15-18-28(10,11)12/h19-22,37H,13-18H2,1-12H3,(H,31,32)(H,33,34)(H,35,36). The fourth-order valence-electron chi connectivity index (χ4n) is 5.80. The van der Waals surface area contributed by atoms with Gasteiger partial charge in [0.05, 0.1) is 5.92 Å². The average Bonchev–Trinajstić information content (AvgIpc) is 2.67. The van der Waals surface area contributed by atoms with Crippen LogP contribution in [-0.2, 0) is 14.4 Å². The number of hydrogen-bond donors (Lipinski definition) is 4. The Balaban J connectivity index is 7.25. The van der Waals surface area contributed by atoms with Gasteiger partial charge >= 0.3 is 17.9 Å². The minimum atomic E-state index is -3.02. The van der Waals surface area contributed by atoms with Gasteiger partial charge in [0.15, 0.2) is 5.60 Å². The van der Waals surface area contributed by atoms with E-state index in [1.54, 1.807) is 20.8 Å². The summed E-state index contributed by atoms with van der Waals surface area (Å²) in [5, 5.41) is 44.1. The van der Waals surface area contributed by atoms with Gasteiger partial charge in [0.1, 0.15) is 5.41 Å². The maximum Gasteiger partial charge on any atom is 0.337 e. The fourth-order valence-corrected chi connectivity index (χ4v) is 5.80. The second kappa shape index (κ2) is 12.5. The van der Waals surface area contributed by atoms with E-state index in [2.05, 4.69) is 0 Å². The molecule has 0 heterocycles. The fraction of sp³-hybridized carbons (Fsp3) is 0.900. The number of rotatable bonds is 14. The van der Waals surface area contributed by atoms with Crippen LogP contribution in [0.2, 0.25) is 0 Å². The van der Waals surface area contributed by atoms with Crippen molar-refractivity contribution in [1.82, 2.24) is 0 Å². The van der Waals surface area contributed by atoms with Crippen molar-refractivity contribution in [2.45, 2.75) is 127 Å². The summed E-state index contributed by atoms with van der Waals surface area (Å²) in [5.74, 6) is -8.86. The molecule has 0 rings (SSSR count). The molecule has 7 heteroatoms. The van der Waals surface area contributed by atoms with Crippen molar-refractivity contribution in [3.63, 3.8) is 0 Å². The molecule has 4 N–H and O–H groups in total. The first kappa shape index (κ1) is 35.4. The van der Waals surface area contributed by atoms with Crippen molar-refractivity contribution in [3.05, 3.63) is 0 Å². The molecule has 0 aliphatic rings. The van der Waals surface area contributed by atoms with E-state index in [-0.39, 0.29) is 16.2 Å². The lowest BCUT2D eigenvalue weighted by molar-refractivity contribution is -0.226. The van der Waals surface area contributed by atoms with Crippen molar-refractivity contribution in [1.29, 1.82) is 0 Å². The van der Waals surface area contributed by atoms with Crippen molar-refractivity contribution in [3.8, 4) is 0 Å². The molecular weight excluding hydrogens is 472 g/mol. The molecule has 0 aliphatic carbocycles. The van der Waals surface area contributed by atoms with Gasteiger partial charge in [0, 0.05) is 0 Å². The molecule has 0 bridgehead atoms. The summed E-state index contributed by atoms with van der Waals surface area (Å²) in [6, 6.07) is 0. The van der Waals surface area contributed by atoms with Crippen molar-refractivity contribution < 1.29 is 34.8 Å². The van der Waals surface area contributed by atoms with Gasteiger partial charge < -0.3 is 20.4 Å². The summed E-state index contributed by atoms with van der Waals surface area (Å²) in [5.41, 5.74) is -5.67. The van der Waals surface area contributed by atoms with Crippen LogP contribution in [0.3, 0.4) is 0 Å². The second-order valence-electron chi connectivity index (χ2n) is 15.1. The van der Waals surface area contributed by atoms with Crippen LogP contribution in [0.25, 0.3) is 0 Å². The molecule has 5 unspecified atom stereocenters. The Hall–Kier alpha value is -1.63. The van der Waals surface area contributed by atoms with E-state index in [0.29, 0.717) is 38.5 Å². The van der Waals surface area contributed by atoms with E-state index in [4.69, 9.17) is 0 Å². The molecule has 37 heavy (non-hydrogen) atoms. The van der Waals surface area contributed by atoms with E-state index in [0.717, 1.165) is 0 Å². The Morgan fingerprint density at radius 3 is 1.16 bits per heavy atom. The maximum atomic E-state index is 13.4. The Morgan fingerprint density at radius 2 is 0.919 bits per heavy atom. The summed E-state index contributed by atoms with van der Waals surface area (Å²) >= 11 is 0. The largest absolute Gasteiger partial charge is 0.481 e. The summed E-state index contributed by atoms with van der Waals surface area (Å²) in [4.78, 5) is 39.2. The van der Waals surface area contributed by atoms with Gasteiger partial charge in [-0.25, -0.2) is 4.79 Å². The molecule has 0 aromatic rings. The summed E-state index contributed by atoms with van der Waals surface area (Å²) < 4.78 is 0. The van der Waals surface area contributed by atoms with Crippen LogP contribution in [0.4, 0.5) is 0 Å². The molecule has 0 aromatic carbocycles. The molecule has 218 valence electrons. The number of aliphatic carboxylic acids is 3.